The highest BCUT2D eigenvalue weighted by Crippen LogP contribution is 2.25. The molecule has 0 radical (unpaired) electrons. The van der Waals surface area contributed by atoms with Gasteiger partial charge in [0.15, 0.2) is 0 Å². The van der Waals surface area contributed by atoms with E-state index < -0.39 is 143 Å². The van der Waals surface area contributed by atoms with E-state index in [2.05, 4.69) is 21.3 Å². The van der Waals surface area contributed by atoms with Gasteiger partial charge in [0.25, 0.3) is 0 Å². The predicted octanol–water partition coefficient (Wildman–Crippen LogP) is 3.55. The van der Waals surface area contributed by atoms with Crippen LogP contribution in [0.4, 0.5) is 4.79 Å². The standard InChI is InChI=1S/C60H109N11O12/c1-32(2)27-42-51(74)61-40(16)50(73)64-60(83)70(23)46(30-35(7)8)55(78)69(22)45(29-34(5)6)56(79)71(24)49(38(13)14)59(82)68(21)44(31-39(15)25-26-72)53(76)62-47(36(9)10)57(80)65(18)41(17)54(77)66(19)43(28-33(3)4)52(75)63-48(37(11)12)58(81)67(42)20/h32-49,72H,25-31H2,1-24H3,(H,61,74)(H,62,76)(H,63,75)(H,64,73,83)/t39-,40-,41-,42?,43+,44?,45?,46-,47?,48?,49?/m1/s1. The fourth-order valence-corrected chi connectivity index (χ4v) is 10.4. The summed E-state index contributed by atoms with van der Waals surface area (Å²) in [5, 5.41) is 20.6. The normalized spacial score (nSPS) is 26.7. The van der Waals surface area contributed by atoms with Crippen molar-refractivity contribution >= 4 is 65.1 Å². The second kappa shape index (κ2) is 33.6. The van der Waals surface area contributed by atoms with E-state index >= 15 is 9.59 Å². The summed E-state index contributed by atoms with van der Waals surface area (Å²) in [4.78, 5) is 169. The third-order valence-corrected chi connectivity index (χ3v) is 15.9. The first-order valence-corrected chi connectivity index (χ1v) is 29.9. The molecule has 12 amide bonds. The third-order valence-electron chi connectivity index (χ3n) is 15.9. The first-order valence-electron chi connectivity index (χ1n) is 29.9. The molecule has 0 aromatic rings. The zero-order valence-corrected chi connectivity index (χ0v) is 54.9. The topological polar surface area (TPSA) is 279 Å². The van der Waals surface area contributed by atoms with E-state index in [4.69, 9.17) is 0 Å². The van der Waals surface area contributed by atoms with Crippen LogP contribution in [0.3, 0.4) is 0 Å². The molecular weight excluding hydrogens is 1070 g/mol. The lowest BCUT2D eigenvalue weighted by Crippen LogP contribution is -2.62. The first-order chi connectivity index (χ1) is 38.2. The molecule has 83 heavy (non-hydrogen) atoms. The molecule has 1 heterocycles. The Hall–Kier alpha value is -5.87. The molecule has 23 heteroatoms. The van der Waals surface area contributed by atoms with Gasteiger partial charge in [0.1, 0.15) is 60.4 Å². The Kier molecular flexibility index (Phi) is 30.4. The van der Waals surface area contributed by atoms with Crippen molar-refractivity contribution in [3.63, 3.8) is 0 Å². The molecule has 23 nitrogen and oxygen atoms in total. The smallest absolute Gasteiger partial charge is 0.324 e. The van der Waals surface area contributed by atoms with Gasteiger partial charge in [-0.05, 0) is 99.7 Å². The number of carbonyl (C=O) groups is 11. The number of urea groups is 1. The van der Waals surface area contributed by atoms with Gasteiger partial charge >= 0.3 is 6.03 Å². The maximum absolute atomic E-state index is 15.1. The summed E-state index contributed by atoms with van der Waals surface area (Å²) >= 11 is 0. The Morgan fingerprint density at radius 3 is 1.11 bits per heavy atom. The van der Waals surface area contributed by atoms with E-state index in [1.165, 1.54) is 92.6 Å². The van der Waals surface area contributed by atoms with Crippen molar-refractivity contribution in [1.82, 2.24) is 55.6 Å². The van der Waals surface area contributed by atoms with Crippen molar-refractivity contribution in [3.8, 4) is 0 Å². The van der Waals surface area contributed by atoms with Gasteiger partial charge in [-0.25, -0.2) is 4.79 Å². The zero-order valence-electron chi connectivity index (χ0n) is 54.9. The zero-order chi connectivity index (χ0) is 64.6. The van der Waals surface area contributed by atoms with E-state index in [-0.39, 0.29) is 74.7 Å². The molecule has 0 bridgehead atoms. The number of aliphatic hydroxyl groups is 1. The molecule has 1 aliphatic heterocycles. The average Bonchev–Trinajstić information content (AvgIpc) is 3.57. The van der Waals surface area contributed by atoms with Crippen molar-refractivity contribution in [3.05, 3.63) is 0 Å². The minimum atomic E-state index is -1.33. The second-order valence-corrected chi connectivity index (χ2v) is 26.1. The molecule has 1 aliphatic rings. The van der Waals surface area contributed by atoms with Crippen LogP contribution in [0.2, 0.25) is 0 Å². The van der Waals surface area contributed by atoms with E-state index in [1.54, 1.807) is 41.5 Å². The highest BCUT2D eigenvalue weighted by atomic mass is 16.3. The van der Waals surface area contributed by atoms with Crippen molar-refractivity contribution in [2.75, 3.05) is 55.9 Å². The van der Waals surface area contributed by atoms with Crippen LogP contribution in [0.15, 0.2) is 0 Å². The fourth-order valence-electron chi connectivity index (χ4n) is 10.4. The maximum atomic E-state index is 15.1. The van der Waals surface area contributed by atoms with Gasteiger partial charge in [-0.3, -0.25) is 53.3 Å². The van der Waals surface area contributed by atoms with Crippen LogP contribution < -0.4 is 21.3 Å². The minimum Gasteiger partial charge on any atom is -0.396 e. The predicted molar refractivity (Wildman–Crippen MR) is 319 cm³/mol. The summed E-state index contributed by atoms with van der Waals surface area (Å²) in [5.41, 5.74) is 0. The lowest BCUT2D eigenvalue weighted by Gasteiger charge is -2.41. The summed E-state index contributed by atoms with van der Waals surface area (Å²) in [6.07, 6.45) is 0.882. The molecular formula is C60H109N11O12. The number of hydrogen-bond acceptors (Lipinski definition) is 12. The minimum absolute atomic E-state index is 0.0493. The summed E-state index contributed by atoms with van der Waals surface area (Å²) in [5.74, 6) is -9.23. The largest absolute Gasteiger partial charge is 0.396 e. The number of likely N-dealkylation sites (N-methyl/N-ethyl adjacent to an activating group) is 7. The van der Waals surface area contributed by atoms with E-state index in [9.17, 15) is 48.3 Å². The van der Waals surface area contributed by atoms with Crippen LogP contribution in [-0.2, 0) is 47.9 Å². The van der Waals surface area contributed by atoms with Crippen molar-refractivity contribution in [1.29, 1.82) is 0 Å². The van der Waals surface area contributed by atoms with E-state index in [0.717, 1.165) is 4.90 Å². The number of amides is 12. The summed E-state index contributed by atoms with van der Waals surface area (Å²) in [7, 11) is 9.98. The van der Waals surface area contributed by atoms with Crippen molar-refractivity contribution < 1.29 is 57.8 Å². The molecule has 1 rings (SSSR count). The molecule has 0 aromatic heterocycles. The summed E-state index contributed by atoms with van der Waals surface area (Å²) in [6, 6.07) is -13.0. The van der Waals surface area contributed by atoms with E-state index in [1.807, 2.05) is 62.3 Å². The number of hydrogen-bond donors (Lipinski definition) is 5. The first kappa shape index (κ1) is 75.1. The highest BCUT2D eigenvalue weighted by Gasteiger charge is 2.45. The number of nitrogens with one attached hydrogen (secondary N) is 4. The Balaban J connectivity index is 4.34. The number of imide groups is 1. The number of carbonyl (C=O) groups excluding carboxylic acids is 11. The van der Waals surface area contributed by atoms with Crippen LogP contribution in [0.5, 0.6) is 0 Å². The second-order valence-electron chi connectivity index (χ2n) is 26.1. The molecule has 6 unspecified atom stereocenters. The quantitative estimate of drug-likeness (QED) is 0.158. The van der Waals surface area contributed by atoms with Gasteiger partial charge in [0.2, 0.25) is 59.1 Å². The summed E-state index contributed by atoms with van der Waals surface area (Å²) in [6.45, 7) is 29.7. The van der Waals surface area contributed by atoms with Crippen LogP contribution in [0.25, 0.3) is 0 Å². The molecule has 1 saturated heterocycles. The van der Waals surface area contributed by atoms with Gasteiger partial charge in [-0.1, -0.05) is 104 Å². The average molecular weight is 1180 g/mol. The van der Waals surface area contributed by atoms with Crippen LogP contribution in [0.1, 0.15) is 156 Å². The highest BCUT2D eigenvalue weighted by molar-refractivity contribution is 6.02. The molecule has 0 aliphatic carbocycles. The molecule has 0 spiro atoms. The number of rotatable bonds is 15. The van der Waals surface area contributed by atoms with Crippen LogP contribution in [-0.4, -0.2) is 221 Å². The third kappa shape index (κ3) is 21.0. The van der Waals surface area contributed by atoms with Gasteiger partial charge in [0.05, 0.1) is 0 Å². The van der Waals surface area contributed by atoms with E-state index in [0.29, 0.717) is 0 Å². The Bertz CT molecular complexity index is 2240. The molecule has 476 valence electrons. The summed E-state index contributed by atoms with van der Waals surface area (Å²) < 4.78 is 0. The SMILES string of the molecule is CC(C)CC1C(=O)N[C@H](C)C(=O)NC(=O)N(C)[C@H](CC(C)C)C(=O)N(C)C(CC(C)C)C(=O)N(C)C(C(C)C)C(=O)N(C)C(C[C@H](C)CCO)C(=O)NC(C(C)C)C(=O)N(C)[C@H](C)C(=O)N(C)[C@@H](CC(C)C)C(=O)NC(C(C)C)C(=O)N1C. The lowest BCUT2D eigenvalue weighted by atomic mass is 9.93. The van der Waals surface area contributed by atoms with Gasteiger partial charge in [-0.2, -0.15) is 0 Å². The molecule has 1 fully saturated rings. The molecule has 0 aromatic carbocycles. The van der Waals surface area contributed by atoms with Gasteiger partial charge in [-0.15, -0.1) is 0 Å². The molecule has 11 atom stereocenters. The Morgan fingerprint density at radius 1 is 0.373 bits per heavy atom. The van der Waals surface area contributed by atoms with Gasteiger partial charge in [0, 0.05) is 55.9 Å². The Labute approximate surface area is 496 Å². The monoisotopic (exact) mass is 1180 g/mol. The fraction of sp³-hybridized carbons (Fsp3) is 0.817. The van der Waals surface area contributed by atoms with Gasteiger partial charge < -0.3 is 55.4 Å². The van der Waals surface area contributed by atoms with Crippen molar-refractivity contribution in [2.45, 2.75) is 217 Å². The number of nitrogens with zero attached hydrogens (tertiary/aromatic N) is 7. The number of aliphatic hydroxyl groups excluding tert-OH is 1. The van der Waals surface area contributed by atoms with Crippen LogP contribution >= 0.6 is 0 Å². The maximum Gasteiger partial charge on any atom is 0.324 e. The molecule has 5 N–H and O–H groups in total. The lowest BCUT2D eigenvalue weighted by molar-refractivity contribution is -0.155. The Morgan fingerprint density at radius 2 is 0.711 bits per heavy atom. The molecule has 0 saturated carbocycles. The van der Waals surface area contributed by atoms with Crippen molar-refractivity contribution in [2.24, 2.45) is 47.3 Å². The van der Waals surface area contributed by atoms with Crippen LogP contribution in [0, 0.1) is 47.3 Å².